The van der Waals surface area contributed by atoms with Gasteiger partial charge >= 0.3 is 0 Å². The monoisotopic (exact) mass is 298 g/mol. The van der Waals surface area contributed by atoms with Gasteiger partial charge in [0.2, 0.25) is 0 Å². The molecule has 112 valence electrons. The summed E-state index contributed by atoms with van der Waals surface area (Å²) in [5.74, 6) is 0. The van der Waals surface area contributed by atoms with Crippen LogP contribution in [0, 0.1) is 0 Å². The third kappa shape index (κ3) is 2.33. The molecule has 0 radical (unpaired) electrons. The Hall–Kier alpha value is -2.87. The van der Waals surface area contributed by atoms with E-state index in [0.717, 1.165) is 23.3 Å². The summed E-state index contributed by atoms with van der Waals surface area (Å²) >= 11 is 0. The fraction of sp³-hybridized carbons (Fsp3) is 0.0952. The van der Waals surface area contributed by atoms with Gasteiger partial charge in [-0.2, -0.15) is 5.10 Å². The standard InChI is InChI=1S/C21H18N2/c1-2-16-12-9-15-19-20(16)22-23(18-13-7-4-8-14-18)21(19)17-10-5-3-6-11-17/h3-15H,2H2,1H3. The molecule has 0 fully saturated rings. The summed E-state index contributed by atoms with van der Waals surface area (Å²) in [5.41, 5.74) is 5.81. The molecule has 0 spiro atoms. The molecule has 0 atom stereocenters. The van der Waals surface area contributed by atoms with Crippen LogP contribution in [0.2, 0.25) is 0 Å². The van der Waals surface area contributed by atoms with Crippen molar-refractivity contribution in [1.82, 2.24) is 9.78 Å². The van der Waals surface area contributed by atoms with Crippen LogP contribution in [0.25, 0.3) is 27.8 Å². The number of aromatic nitrogens is 2. The Bertz CT molecular complexity index is 938. The third-order valence-corrected chi connectivity index (χ3v) is 4.22. The van der Waals surface area contributed by atoms with Crippen molar-refractivity contribution in [2.75, 3.05) is 0 Å². The minimum atomic E-state index is 0.984. The van der Waals surface area contributed by atoms with Crippen LogP contribution in [-0.2, 0) is 6.42 Å². The average Bonchev–Trinajstić information content (AvgIpc) is 3.02. The second-order valence-corrected chi connectivity index (χ2v) is 5.63. The number of benzene rings is 3. The van der Waals surface area contributed by atoms with Crippen LogP contribution < -0.4 is 0 Å². The molecule has 0 aliphatic carbocycles. The number of rotatable bonds is 3. The maximum atomic E-state index is 4.95. The van der Waals surface area contributed by atoms with E-state index in [1.165, 1.54) is 16.5 Å². The molecule has 0 bridgehead atoms. The first-order chi connectivity index (χ1) is 11.4. The van der Waals surface area contributed by atoms with Crippen molar-refractivity contribution in [3.8, 4) is 16.9 Å². The highest BCUT2D eigenvalue weighted by atomic mass is 15.3. The Morgan fingerprint density at radius 2 is 1.48 bits per heavy atom. The zero-order valence-corrected chi connectivity index (χ0v) is 13.1. The molecular formula is C21H18N2. The number of hydrogen-bond donors (Lipinski definition) is 0. The maximum absolute atomic E-state index is 4.95. The van der Waals surface area contributed by atoms with E-state index in [4.69, 9.17) is 5.10 Å². The predicted molar refractivity (Wildman–Crippen MR) is 95.9 cm³/mol. The second-order valence-electron chi connectivity index (χ2n) is 5.63. The van der Waals surface area contributed by atoms with Gasteiger partial charge in [-0.25, -0.2) is 4.68 Å². The Balaban J connectivity index is 2.09. The molecule has 1 heterocycles. The van der Waals surface area contributed by atoms with E-state index in [-0.39, 0.29) is 0 Å². The van der Waals surface area contributed by atoms with E-state index in [9.17, 15) is 0 Å². The Morgan fingerprint density at radius 3 is 2.17 bits per heavy atom. The Kier molecular flexibility index (Phi) is 3.43. The minimum absolute atomic E-state index is 0.984. The molecule has 23 heavy (non-hydrogen) atoms. The Labute approximate surface area is 136 Å². The van der Waals surface area contributed by atoms with Crippen molar-refractivity contribution in [1.29, 1.82) is 0 Å². The highest BCUT2D eigenvalue weighted by Gasteiger charge is 2.15. The molecule has 3 aromatic carbocycles. The summed E-state index contributed by atoms with van der Waals surface area (Å²) in [4.78, 5) is 0. The van der Waals surface area contributed by atoms with E-state index in [2.05, 4.69) is 78.3 Å². The van der Waals surface area contributed by atoms with Crippen molar-refractivity contribution >= 4 is 10.9 Å². The summed E-state index contributed by atoms with van der Waals surface area (Å²) in [6, 6.07) is 27.3. The summed E-state index contributed by atoms with van der Waals surface area (Å²) in [5, 5.41) is 6.15. The fourth-order valence-electron chi connectivity index (χ4n) is 3.08. The van der Waals surface area contributed by atoms with E-state index in [1.807, 2.05) is 12.1 Å². The molecule has 4 aromatic rings. The normalized spacial score (nSPS) is 11.0. The van der Waals surface area contributed by atoms with Gasteiger partial charge in [0.05, 0.1) is 16.9 Å². The molecule has 4 rings (SSSR count). The molecule has 0 saturated carbocycles. The molecule has 0 unspecified atom stereocenters. The van der Waals surface area contributed by atoms with Crippen LogP contribution in [0.15, 0.2) is 78.9 Å². The first kappa shape index (κ1) is 13.8. The lowest BCUT2D eigenvalue weighted by Gasteiger charge is -2.08. The van der Waals surface area contributed by atoms with Crippen LogP contribution in [0.4, 0.5) is 0 Å². The lowest BCUT2D eigenvalue weighted by Crippen LogP contribution is -1.98. The topological polar surface area (TPSA) is 17.8 Å². The number of hydrogen-bond acceptors (Lipinski definition) is 1. The van der Waals surface area contributed by atoms with Gasteiger partial charge in [-0.15, -0.1) is 0 Å². The van der Waals surface area contributed by atoms with E-state index in [0.29, 0.717) is 0 Å². The van der Waals surface area contributed by atoms with Gasteiger partial charge in [0.1, 0.15) is 0 Å². The summed E-state index contributed by atoms with van der Waals surface area (Å²) < 4.78 is 2.07. The zero-order chi connectivity index (χ0) is 15.6. The SMILES string of the molecule is CCc1cccc2c(-c3ccccc3)n(-c3ccccc3)nc12. The van der Waals surface area contributed by atoms with Crippen LogP contribution in [0.3, 0.4) is 0 Å². The highest BCUT2D eigenvalue weighted by Crippen LogP contribution is 2.32. The fourth-order valence-corrected chi connectivity index (χ4v) is 3.08. The summed E-state index contributed by atoms with van der Waals surface area (Å²) in [6.45, 7) is 2.18. The van der Waals surface area contributed by atoms with Gasteiger partial charge < -0.3 is 0 Å². The lowest BCUT2D eigenvalue weighted by atomic mass is 10.0. The molecule has 2 heteroatoms. The van der Waals surface area contributed by atoms with Gasteiger partial charge in [0, 0.05) is 10.9 Å². The Morgan fingerprint density at radius 1 is 0.783 bits per heavy atom. The molecule has 0 aliphatic heterocycles. The van der Waals surface area contributed by atoms with Crippen molar-refractivity contribution in [3.05, 3.63) is 84.4 Å². The van der Waals surface area contributed by atoms with Gasteiger partial charge in [0.25, 0.3) is 0 Å². The predicted octanol–water partition coefficient (Wildman–Crippen LogP) is 5.25. The third-order valence-electron chi connectivity index (χ3n) is 4.22. The van der Waals surface area contributed by atoms with E-state index >= 15 is 0 Å². The van der Waals surface area contributed by atoms with Gasteiger partial charge in [-0.1, -0.05) is 73.7 Å². The van der Waals surface area contributed by atoms with E-state index in [1.54, 1.807) is 0 Å². The minimum Gasteiger partial charge on any atom is -0.232 e. The number of fused-ring (bicyclic) bond motifs is 1. The van der Waals surface area contributed by atoms with Gasteiger partial charge in [-0.05, 0) is 24.1 Å². The average molecular weight is 298 g/mol. The molecule has 0 amide bonds. The maximum Gasteiger partial charge on any atom is 0.0966 e. The first-order valence-corrected chi connectivity index (χ1v) is 8.00. The van der Waals surface area contributed by atoms with Crippen molar-refractivity contribution in [2.45, 2.75) is 13.3 Å². The molecule has 0 aliphatic rings. The molecule has 2 nitrogen and oxygen atoms in total. The molecule has 0 N–H and O–H groups in total. The lowest BCUT2D eigenvalue weighted by molar-refractivity contribution is 0.900. The van der Waals surface area contributed by atoms with Crippen LogP contribution >= 0.6 is 0 Å². The summed E-state index contributed by atoms with van der Waals surface area (Å²) in [6.07, 6.45) is 0.984. The molecule has 1 aromatic heterocycles. The van der Waals surface area contributed by atoms with Gasteiger partial charge in [0.15, 0.2) is 0 Å². The van der Waals surface area contributed by atoms with Gasteiger partial charge in [-0.3, -0.25) is 0 Å². The number of para-hydroxylation sites is 1. The molecular weight excluding hydrogens is 280 g/mol. The van der Waals surface area contributed by atoms with Crippen molar-refractivity contribution < 1.29 is 0 Å². The highest BCUT2D eigenvalue weighted by molar-refractivity contribution is 5.95. The van der Waals surface area contributed by atoms with Crippen molar-refractivity contribution in [2.24, 2.45) is 0 Å². The van der Waals surface area contributed by atoms with Crippen LogP contribution in [0.5, 0.6) is 0 Å². The second kappa shape index (κ2) is 5.73. The first-order valence-electron chi connectivity index (χ1n) is 8.00. The summed E-state index contributed by atoms with van der Waals surface area (Å²) in [7, 11) is 0. The number of nitrogens with zero attached hydrogens (tertiary/aromatic N) is 2. The number of aryl methyl sites for hydroxylation is 1. The van der Waals surface area contributed by atoms with Crippen LogP contribution in [-0.4, -0.2) is 9.78 Å². The zero-order valence-electron chi connectivity index (χ0n) is 13.1. The largest absolute Gasteiger partial charge is 0.232 e. The van der Waals surface area contributed by atoms with Crippen molar-refractivity contribution in [3.63, 3.8) is 0 Å². The quantitative estimate of drug-likeness (QED) is 0.505. The smallest absolute Gasteiger partial charge is 0.0966 e. The van der Waals surface area contributed by atoms with Crippen LogP contribution in [0.1, 0.15) is 12.5 Å². The molecule has 0 saturated heterocycles. The van der Waals surface area contributed by atoms with E-state index < -0.39 is 0 Å².